The molecule has 0 aliphatic heterocycles. The molecule has 0 spiro atoms. The fourth-order valence-electron chi connectivity index (χ4n) is 5.28. The Morgan fingerprint density at radius 2 is 1.58 bits per heavy atom. The second-order valence-corrected chi connectivity index (χ2v) is 10.2. The molecule has 3 aromatic carbocycles. The molecule has 200 valence electrons. The Bertz CT molecular complexity index is 1350. The Morgan fingerprint density at radius 3 is 2.26 bits per heavy atom. The van der Waals surface area contributed by atoms with Gasteiger partial charge in [0, 0.05) is 35.2 Å². The molecule has 0 bridgehead atoms. The van der Waals surface area contributed by atoms with Crippen LogP contribution in [-0.4, -0.2) is 47.1 Å². The lowest BCUT2D eigenvalue weighted by Crippen LogP contribution is -2.30. The van der Waals surface area contributed by atoms with Gasteiger partial charge in [0.15, 0.2) is 0 Å². The zero-order chi connectivity index (χ0) is 27.1. The van der Waals surface area contributed by atoms with Crippen LogP contribution in [-0.2, 0) is 12.8 Å². The Labute approximate surface area is 226 Å². The fourth-order valence-corrected chi connectivity index (χ4v) is 5.28. The van der Waals surface area contributed by atoms with Gasteiger partial charge >= 0.3 is 0 Å². The van der Waals surface area contributed by atoms with Crippen LogP contribution in [0.4, 0.5) is 0 Å². The molecule has 0 aliphatic carbocycles. The van der Waals surface area contributed by atoms with Crippen LogP contribution in [0.3, 0.4) is 0 Å². The number of phenolic OH excluding ortho intramolecular Hbond substituents is 1. The van der Waals surface area contributed by atoms with Crippen molar-refractivity contribution in [3.05, 3.63) is 88.5 Å². The maximum absolute atomic E-state index is 13.1. The highest BCUT2D eigenvalue weighted by Crippen LogP contribution is 2.32. The predicted octanol–water partition coefficient (Wildman–Crippen LogP) is 6.79. The molecular weight excluding hydrogens is 470 g/mol. The van der Waals surface area contributed by atoms with Crippen LogP contribution >= 0.6 is 0 Å². The molecule has 38 heavy (non-hydrogen) atoms. The lowest BCUT2D eigenvalue weighted by Gasteiger charge is -2.18. The summed E-state index contributed by atoms with van der Waals surface area (Å²) in [4.78, 5) is 18.6. The number of amides is 1. The summed E-state index contributed by atoms with van der Waals surface area (Å²) in [5, 5.41) is 14.2. The second-order valence-electron chi connectivity index (χ2n) is 10.2. The van der Waals surface area contributed by atoms with E-state index in [1.807, 2.05) is 36.9 Å². The number of nitrogens with zero attached hydrogens (tertiary/aromatic N) is 1. The molecule has 0 saturated carbocycles. The van der Waals surface area contributed by atoms with Crippen molar-refractivity contribution in [2.75, 3.05) is 26.2 Å². The second kappa shape index (κ2) is 12.8. The zero-order valence-corrected chi connectivity index (χ0v) is 23.2. The summed E-state index contributed by atoms with van der Waals surface area (Å²) in [5.74, 6) is 0.404. The first kappa shape index (κ1) is 27.5. The summed E-state index contributed by atoms with van der Waals surface area (Å²) >= 11 is 0. The molecule has 4 rings (SSSR count). The third-order valence-corrected chi connectivity index (χ3v) is 7.27. The van der Waals surface area contributed by atoms with E-state index in [1.54, 1.807) is 12.1 Å². The molecule has 0 fully saturated rings. The van der Waals surface area contributed by atoms with E-state index in [4.69, 9.17) is 0 Å². The Morgan fingerprint density at radius 1 is 0.868 bits per heavy atom. The normalized spacial score (nSPS) is 11.3. The van der Waals surface area contributed by atoms with E-state index in [0.717, 1.165) is 60.9 Å². The number of phenols is 1. The van der Waals surface area contributed by atoms with Gasteiger partial charge in [-0.25, -0.2) is 0 Å². The summed E-state index contributed by atoms with van der Waals surface area (Å²) in [6.45, 7) is 11.6. The average molecular weight is 512 g/mol. The Kier molecular flexibility index (Phi) is 9.24. The first-order valence-corrected chi connectivity index (χ1v) is 13.9. The van der Waals surface area contributed by atoms with Crippen molar-refractivity contribution < 1.29 is 9.90 Å². The number of carbonyl (C=O) groups is 1. The highest BCUT2D eigenvalue weighted by molar-refractivity contribution is 6.00. The summed E-state index contributed by atoms with van der Waals surface area (Å²) in [5.41, 5.74) is 9.16. The highest BCUT2D eigenvalue weighted by atomic mass is 16.3. The number of rotatable bonds is 12. The molecule has 1 amide bonds. The number of aromatic nitrogens is 1. The number of hydrogen-bond acceptors (Lipinski definition) is 3. The first-order valence-electron chi connectivity index (χ1n) is 13.9. The summed E-state index contributed by atoms with van der Waals surface area (Å²) < 4.78 is 0. The van der Waals surface area contributed by atoms with E-state index >= 15 is 0 Å². The van der Waals surface area contributed by atoms with E-state index in [0.29, 0.717) is 18.8 Å². The molecule has 5 nitrogen and oxygen atoms in total. The molecule has 1 aromatic heterocycles. The van der Waals surface area contributed by atoms with Gasteiger partial charge in [-0.2, -0.15) is 0 Å². The van der Waals surface area contributed by atoms with Crippen LogP contribution in [0.15, 0.2) is 60.7 Å². The number of hydrogen-bond donors (Lipinski definition) is 3. The van der Waals surface area contributed by atoms with Gasteiger partial charge < -0.3 is 20.3 Å². The minimum Gasteiger partial charge on any atom is -0.508 e. The Hall–Kier alpha value is -3.57. The van der Waals surface area contributed by atoms with E-state index in [9.17, 15) is 9.90 Å². The third-order valence-electron chi connectivity index (χ3n) is 7.27. The molecule has 0 unspecified atom stereocenters. The fraction of sp³-hybridized carbons (Fsp3) is 0.364. The topological polar surface area (TPSA) is 68.4 Å². The molecular formula is C33H41N3O2. The quantitative estimate of drug-likeness (QED) is 0.183. The van der Waals surface area contributed by atoms with Gasteiger partial charge in [0.25, 0.3) is 5.91 Å². The van der Waals surface area contributed by atoms with Crippen LogP contribution in [0, 0.1) is 13.8 Å². The minimum atomic E-state index is 0.0868. The largest absolute Gasteiger partial charge is 0.508 e. The maximum atomic E-state index is 13.1. The van der Waals surface area contributed by atoms with Gasteiger partial charge in [0.2, 0.25) is 0 Å². The van der Waals surface area contributed by atoms with Crippen molar-refractivity contribution in [1.82, 2.24) is 15.2 Å². The molecule has 0 saturated heterocycles. The molecule has 0 aliphatic rings. The SMILES string of the molecule is CCN(CC)C(=O)c1ccc2[nH]c(-c3cc(C)cc(C)c3)c(CCNCCCCc3ccc(O)cc3)c2c1. The standard InChI is InChI=1S/C33H41N3O2/c1-5-36(6-2)33(38)26-12-15-31-30(22-26)29(32(35-31)27-20-23(3)19-24(4)21-27)16-18-34-17-8-7-9-25-10-13-28(37)14-11-25/h10-15,19-22,34-35,37H,5-9,16-18H2,1-4H3. The van der Waals surface area contributed by atoms with Gasteiger partial charge in [0.1, 0.15) is 5.75 Å². The monoisotopic (exact) mass is 511 g/mol. The average Bonchev–Trinajstić information content (AvgIpc) is 3.27. The molecule has 5 heteroatoms. The number of benzene rings is 3. The minimum absolute atomic E-state index is 0.0868. The summed E-state index contributed by atoms with van der Waals surface area (Å²) in [6, 6.07) is 20.2. The molecule has 0 atom stereocenters. The van der Waals surface area contributed by atoms with Gasteiger partial charge in [-0.15, -0.1) is 0 Å². The van der Waals surface area contributed by atoms with Crippen molar-refractivity contribution in [2.24, 2.45) is 0 Å². The van der Waals surface area contributed by atoms with Crippen LogP contribution in [0.5, 0.6) is 5.75 Å². The van der Waals surface area contributed by atoms with Gasteiger partial charge in [-0.3, -0.25) is 4.79 Å². The molecule has 3 N–H and O–H groups in total. The van der Waals surface area contributed by atoms with Crippen molar-refractivity contribution in [3.8, 4) is 17.0 Å². The molecule has 4 aromatic rings. The van der Waals surface area contributed by atoms with Crippen molar-refractivity contribution in [2.45, 2.75) is 53.4 Å². The summed E-state index contributed by atoms with van der Waals surface area (Å²) in [6.07, 6.45) is 4.10. The number of unbranched alkanes of at least 4 members (excludes halogenated alkanes) is 1. The van der Waals surface area contributed by atoms with Gasteiger partial charge in [-0.05, 0) is 126 Å². The van der Waals surface area contributed by atoms with Crippen LogP contribution in [0.2, 0.25) is 0 Å². The van der Waals surface area contributed by atoms with E-state index in [2.05, 4.69) is 54.5 Å². The van der Waals surface area contributed by atoms with E-state index in [1.165, 1.54) is 27.8 Å². The van der Waals surface area contributed by atoms with Gasteiger partial charge in [0.05, 0.1) is 0 Å². The number of nitrogens with one attached hydrogen (secondary N) is 2. The van der Waals surface area contributed by atoms with Crippen molar-refractivity contribution in [1.29, 1.82) is 0 Å². The third kappa shape index (κ3) is 6.65. The van der Waals surface area contributed by atoms with Gasteiger partial charge in [-0.1, -0.05) is 29.3 Å². The maximum Gasteiger partial charge on any atom is 0.253 e. The smallest absolute Gasteiger partial charge is 0.253 e. The first-order chi connectivity index (χ1) is 18.4. The predicted molar refractivity (Wildman–Crippen MR) is 158 cm³/mol. The lowest BCUT2D eigenvalue weighted by atomic mass is 9.98. The van der Waals surface area contributed by atoms with Crippen LogP contribution in [0.25, 0.3) is 22.2 Å². The van der Waals surface area contributed by atoms with E-state index in [-0.39, 0.29) is 5.91 Å². The molecule has 1 heterocycles. The Balaban J connectivity index is 1.50. The number of carbonyl (C=O) groups excluding carboxylic acids is 1. The lowest BCUT2D eigenvalue weighted by molar-refractivity contribution is 0.0773. The van der Waals surface area contributed by atoms with Crippen molar-refractivity contribution in [3.63, 3.8) is 0 Å². The number of aryl methyl sites for hydroxylation is 3. The summed E-state index contributed by atoms with van der Waals surface area (Å²) in [7, 11) is 0. The van der Waals surface area contributed by atoms with Crippen molar-refractivity contribution >= 4 is 16.8 Å². The zero-order valence-electron chi connectivity index (χ0n) is 23.2. The number of H-pyrrole nitrogens is 1. The van der Waals surface area contributed by atoms with E-state index < -0.39 is 0 Å². The number of aromatic hydroxyl groups is 1. The highest BCUT2D eigenvalue weighted by Gasteiger charge is 2.18. The number of aromatic amines is 1. The van der Waals surface area contributed by atoms with Crippen LogP contribution in [0.1, 0.15) is 59.3 Å². The number of fused-ring (bicyclic) bond motifs is 1. The molecule has 0 radical (unpaired) electrons. The van der Waals surface area contributed by atoms with Crippen LogP contribution < -0.4 is 5.32 Å².